The van der Waals surface area contributed by atoms with Crippen molar-refractivity contribution >= 4 is 23.3 Å². The van der Waals surface area contributed by atoms with Crippen LogP contribution in [0.4, 0.5) is 23.7 Å². The van der Waals surface area contributed by atoms with Gasteiger partial charge in [-0.2, -0.15) is 13.2 Å². The second-order valence-corrected chi connectivity index (χ2v) is 7.07. The molecular weight excluding hydrogens is 433 g/mol. The van der Waals surface area contributed by atoms with Crippen LogP contribution in [-0.2, 0) is 6.18 Å². The molecule has 2 amide bonds. The second-order valence-electron chi connectivity index (χ2n) is 6.66. The summed E-state index contributed by atoms with van der Waals surface area (Å²) in [5.74, 6) is 0.490. The third kappa shape index (κ3) is 6.08. The molecule has 162 valence electrons. The molecule has 3 aromatic rings. The number of urea groups is 1. The van der Waals surface area contributed by atoms with Crippen LogP contribution in [0.5, 0.6) is 11.8 Å². The molecule has 1 atom stereocenters. The van der Waals surface area contributed by atoms with Gasteiger partial charge in [-0.05, 0) is 61.9 Å². The van der Waals surface area contributed by atoms with E-state index in [1.54, 1.807) is 43.5 Å². The number of rotatable bonds is 5. The Morgan fingerprint density at radius 2 is 1.84 bits per heavy atom. The van der Waals surface area contributed by atoms with Gasteiger partial charge in [-0.3, -0.25) is 0 Å². The molecule has 0 radical (unpaired) electrons. The SMILES string of the molecule is Cc1ccnc(Oc2ccc(NC(=O)NC(C)c3ccc(C(F)(F)F)c(Cl)c3)cc2)n1. The number of hydrogen-bond donors (Lipinski definition) is 2. The summed E-state index contributed by atoms with van der Waals surface area (Å²) in [6.45, 7) is 3.46. The molecule has 0 saturated heterocycles. The van der Waals surface area contributed by atoms with Crippen LogP contribution in [0.15, 0.2) is 54.7 Å². The predicted octanol–water partition coefficient (Wildman–Crippen LogP) is 6.13. The zero-order valence-corrected chi connectivity index (χ0v) is 17.3. The number of hydrogen-bond acceptors (Lipinski definition) is 4. The summed E-state index contributed by atoms with van der Waals surface area (Å²) in [7, 11) is 0. The van der Waals surface area contributed by atoms with Gasteiger partial charge in [0.2, 0.25) is 0 Å². The molecule has 31 heavy (non-hydrogen) atoms. The first kappa shape index (κ1) is 22.4. The first-order valence-electron chi connectivity index (χ1n) is 9.13. The number of benzene rings is 2. The number of nitrogens with zero attached hydrogens (tertiary/aromatic N) is 2. The Balaban J connectivity index is 1.58. The number of carbonyl (C=O) groups excluding carboxylic acids is 1. The molecule has 1 unspecified atom stereocenters. The molecule has 0 fully saturated rings. The van der Waals surface area contributed by atoms with Gasteiger partial charge in [0.15, 0.2) is 0 Å². The number of carbonyl (C=O) groups is 1. The maximum atomic E-state index is 12.8. The van der Waals surface area contributed by atoms with Crippen LogP contribution in [0.25, 0.3) is 0 Å². The normalized spacial score (nSPS) is 12.2. The minimum Gasteiger partial charge on any atom is -0.424 e. The van der Waals surface area contributed by atoms with Gasteiger partial charge >= 0.3 is 18.2 Å². The largest absolute Gasteiger partial charge is 0.424 e. The van der Waals surface area contributed by atoms with Crippen molar-refractivity contribution in [2.24, 2.45) is 0 Å². The van der Waals surface area contributed by atoms with Crippen molar-refractivity contribution in [1.29, 1.82) is 0 Å². The van der Waals surface area contributed by atoms with Crippen molar-refractivity contribution in [2.45, 2.75) is 26.1 Å². The van der Waals surface area contributed by atoms with E-state index in [-0.39, 0.29) is 6.01 Å². The van der Waals surface area contributed by atoms with Crippen LogP contribution >= 0.6 is 11.6 Å². The maximum Gasteiger partial charge on any atom is 0.417 e. The molecule has 2 aromatic carbocycles. The molecular formula is C21H18ClF3N4O2. The summed E-state index contributed by atoms with van der Waals surface area (Å²) < 4.78 is 44.0. The van der Waals surface area contributed by atoms with Gasteiger partial charge in [0.25, 0.3) is 0 Å². The highest BCUT2D eigenvalue weighted by atomic mass is 35.5. The van der Waals surface area contributed by atoms with E-state index in [0.717, 1.165) is 11.8 Å². The minimum absolute atomic E-state index is 0.211. The molecule has 1 heterocycles. The van der Waals surface area contributed by atoms with Crippen molar-refractivity contribution < 1.29 is 22.7 Å². The quantitative estimate of drug-likeness (QED) is 0.490. The van der Waals surface area contributed by atoms with E-state index < -0.39 is 28.8 Å². The maximum absolute atomic E-state index is 12.8. The predicted molar refractivity (Wildman–Crippen MR) is 110 cm³/mol. The number of amides is 2. The van der Waals surface area contributed by atoms with Crippen molar-refractivity contribution in [3.8, 4) is 11.8 Å². The summed E-state index contributed by atoms with van der Waals surface area (Å²) in [5.41, 5.74) is 0.777. The van der Waals surface area contributed by atoms with Gasteiger partial charge < -0.3 is 15.4 Å². The van der Waals surface area contributed by atoms with Crippen molar-refractivity contribution in [1.82, 2.24) is 15.3 Å². The first-order valence-corrected chi connectivity index (χ1v) is 9.51. The highest BCUT2D eigenvalue weighted by molar-refractivity contribution is 6.31. The average molecular weight is 451 g/mol. The zero-order chi connectivity index (χ0) is 22.6. The van der Waals surface area contributed by atoms with E-state index in [2.05, 4.69) is 20.6 Å². The Morgan fingerprint density at radius 3 is 2.45 bits per heavy atom. The number of aryl methyl sites for hydroxylation is 1. The molecule has 0 aliphatic carbocycles. The van der Waals surface area contributed by atoms with Crippen molar-refractivity contribution in [2.75, 3.05) is 5.32 Å². The first-order chi connectivity index (χ1) is 14.6. The number of alkyl halides is 3. The van der Waals surface area contributed by atoms with Crippen LogP contribution in [0.1, 0.15) is 29.8 Å². The van der Waals surface area contributed by atoms with Crippen LogP contribution in [-0.4, -0.2) is 16.0 Å². The van der Waals surface area contributed by atoms with E-state index in [0.29, 0.717) is 17.0 Å². The fourth-order valence-corrected chi connectivity index (χ4v) is 2.96. The molecule has 0 spiro atoms. The molecule has 6 nitrogen and oxygen atoms in total. The van der Waals surface area contributed by atoms with Crippen molar-refractivity contribution in [3.63, 3.8) is 0 Å². The Labute approximate surface area is 181 Å². The summed E-state index contributed by atoms with van der Waals surface area (Å²) in [4.78, 5) is 20.4. The van der Waals surface area contributed by atoms with Gasteiger partial charge in [-0.25, -0.2) is 14.8 Å². The third-order valence-electron chi connectivity index (χ3n) is 4.24. The average Bonchev–Trinajstić information content (AvgIpc) is 2.68. The van der Waals surface area contributed by atoms with Crippen LogP contribution in [0, 0.1) is 6.92 Å². The van der Waals surface area contributed by atoms with E-state index in [1.165, 1.54) is 12.1 Å². The van der Waals surface area contributed by atoms with E-state index in [4.69, 9.17) is 16.3 Å². The monoisotopic (exact) mass is 450 g/mol. The van der Waals surface area contributed by atoms with Gasteiger partial charge in [-0.15, -0.1) is 0 Å². The van der Waals surface area contributed by atoms with Crippen LogP contribution in [0.3, 0.4) is 0 Å². The molecule has 3 rings (SSSR count). The number of aromatic nitrogens is 2. The highest BCUT2D eigenvalue weighted by Gasteiger charge is 2.33. The molecule has 1 aromatic heterocycles. The number of ether oxygens (including phenoxy) is 1. The molecule has 10 heteroatoms. The Bertz CT molecular complexity index is 1070. The van der Waals surface area contributed by atoms with E-state index in [1.807, 2.05) is 6.92 Å². The lowest BCUT2D eigenvalue weighted by Crippen LogP contribution is -2.31. The molecule has 0 aliphatic rings. The zero-order valence-electron chi connectivity index (χ0n) is 16.5. The van der Waals surface area contributed by atoms with E-state index in [9.17, 15) is 18.0 Å². The lowest BCUT2D eigenvalue weighted by atomic mass is 10.1. The summed E-state index contributed by atoms with van der Waals surface area (Å²) in [5, 5.41) is 4.87. The van der Waals surface area contributed by atoms with Gasteiger partial charge in [0.1, 0.15) is 5.75 Å². The lowest BCUT2D eigenvalue weighted by Gasteiger charge is -2.17. The Morgan fingerprint density at radius 1 is 1.13 bits per heavy atom. The lowest BCUT2D eigenvalue weighted by molar-refractivity contribution is -0.137. The molecule has 0 bridgehead atoms. The summed E-state index contributed by atoms with van der Waals surface area (Å²) in [6.07, 6.45) is -2.95. The van der Waals surface area contributed by atoms with E-state index >= 15 is 0 Å². The second kappa shape index (κ2) is 9.22. The minimum atomic E-state index is -4.54. The summed E-state index contributed by atoms with van der Waals surface area (Å²) >= 11 is 5.74. The third-order valence-corrected chi connectivity index (χ3v) is 4.55. The molecule has 2 N–H and O–H groups in total. The number of halogens is 4. The van der Waals surface area contributed by atoms with Crippen molar-refractivity contribution in [3.05, 3.63) is 76.6 Å². The smallest absolute Gasteiger partial charge is 0.417 e. The fourth-order valence-electron chi connectivity index (χ4n) is 2.66. The topological polar surface area (TPSA) is 76.1 Å². The Hall–Kier alpha value is -3.33. The fraction of sp³-hybridized carbons (Fsp3) is 0.190. The molecule has 0 saturated carbocycles. The van der Waals surface area contributed by atoms with Gasteiger partial charge in [-0.1, -0.05) is 17.7 Å². The number of nitrogens with one attached hydrogen (secondary N) is 2. The van der Waals surface area contributed by atoms with Gasteiger partial charge in [0.05, 0.1) is 16.6 Å². The van der Waals surface area contributed by atoms with Crippen LogP contribution < -0.4 is 15.4 Å². The standard InChI is InChI=1S/C21H18ClF3N4O2/c1-12-9-10-26-20(27-12)31-16-6-4-15(5-7-16)29-19(30)28-13(2)14-3-8-17(18(22)11-14)21(23,24)25/h3-11,13H,1-2H3,(H2,28,29,30). The van der Waals surface area contributed by atoms with Crippen LogP contribution in [0.2, 0.25) is 5.02 Å². The highest BCUT2D eigenvalue weighted by Crippen LogP contribution is 2.35. The molecule has 0 aliphatic heterocycles. The Kier molecular flexibility index (Phi) is 6.65. The summed E-state index contributed by atoms with van der Waals surface area (Å²) in [6, 6.07) is 10.8. The van der Waals surface area contributed by atoms with Gasteiger partial charge in [0, 0.05) is 17.6 Å². The number of anilines is 1.